The normalized spacial score (nSPS) is 12.5. The first-order valence-electron chi connectivity index (χ1n) is 13.7. The second-order valence-electron chi connectivity index (χ2n) is 10.8. The summed E-state index contributed by atoms with van der Waals surface area (Å²) in [5.41, 5.74) is 1.54. The molecule has 0 saturated carbocycles. The lowest BCUT2D eigenvalue weighted by atomic mass is 9.84. The maximum Gasteiger partial charge on any atom is 0.416 e. The van der Waals surface area contributed by atoms with Gasteiger partial charge in [-0.2, -0.15) is 26.3 Å². The lowest BCUT2D eigenvalue weighted by Gasteiger charge is -2.21. The van der Waals surface area contributed by atoms with E-state index in [9.17, 15) is 26.3 Å². The van der Waals surface area contributed by atoms with Gasteiger partial charge in [-0.05, 0) is 114 Å². The third-order valence-electron chi connectivity index (χ3n) is 8.20. The first kappa shape index (κ1) is 27.0. The van der Waals surface area contributed by atoms with Crippen LogP contribution in [0.3, 0.4) is 0 Å². The number of rotatable bonds is 2. The monoisotopic (exact) mass is 580 g/mol. The summed E-state index contributed by atoms with van der Waals surface area (Å²) in [4.78, 5) is 0. The van der Waals surface area contributed by atoms with E-state index in [4.69, 9.17) is 0 Å². The lowest BCUT2D eigenvalue weighted by molar-refractivity contribution is -0.138. The summed E-state index contributed by atoms with van der Waals surface area (Å²) in [6.45, 7) is 1.97. The van der Waals surface area contributed by atoms with Gasteiger partial charge in [0.05, 0.1) is 11.1 Å². The first-order valence-corrected chi connectivity index (χ1v) is 13.7. The number of hydrogen-bond acceptors (Lipinski definition) is 0. The Labute approximate surface area is 242 Å². The average Bonchev–Trinajstić information content (AvgIpc) is 2.98. The van der Waals surface area contributed by atoms with Gasteiger partial charge in [0.1, 0.15) is 0 Å². The van der Waals surface area contributed by atoms with Gasteiger partial charge in [-0.15, -0.1) is 0 Å². The van der Waals surface area contributed by atoms with Gasteiger partial charge in [0.25, 0.3) is 0 Å². The fourth-order valence-electron chi connectivity index (χ4n) is 6.15. The molecule has 0 fully saturated rings. The molecule has 0 heterocycles. The number of halogens is 6. The molecule has 7 aromatic carbocycles. The molecule has 0 amide bonds. The average molecular weight is 581 g/mol. The molecule has 7 aromatic rings. The summed E-state index contributed by atoms with van der Waals surface area (Å²) in [7, 11) is 0. The van der Waals surface area contributed by atoms with E-state index in [0.717, 1.165) is 51.4 Å². The Morgan fingerprint density at radius 3 is 1.47 bits per heavy atom. The van der Waals surface area contributed by atoms with Gasteiger partial charge >= 0.3 is 12.4 Å². The van der Waals surface area contributed by atoms with E-state index >= 15 is 0 Å². The van der Waals surface area contributed by atoms with E-state index in [0.29, 0.717) is 43.8 Å². The molecule has 6 heteroatoms. The summed E-state index contributed by atoms with van der Waals surface area (Å²) in [6, 6.07) is 31.6. The molecular weight excluding hydrogens is 558 g/mol. The molecule has 43 heavy (non-hydrogen) atoms. The van der Waals surface area contributed by atoms with Crippen LogP contribution in [0.5, 0.6) is 0 Å². The van der Waals surface area contributed by atoms with E-state index in [1.165, 1.54) is 12.1 Å². The van der Waals surface area contributed by atoms with Crippen molar-refractivity contribution >= 4 is 43.1 Å². The van der Waals surface area contributed by atoms with Crippen molar-refractivity contribution in [1.82, 2.24) is 0 Å². The zero-order valence-corrected chi connectivity index (χ0v) is 22.7. The summed E-state index contributed by atoms with van der Waals surface area (Å²) in [5.74, 6) is 0. The van der Waals surface area contributed by atoms with Gasteiger partial charge in [-0.1, -0.05) is 78.9 Å². The standard InChI is InChI=1S/C37H22F6/c1-21-5-4-8-24-18-26(11-14-29(21)24)35-31-16-13-27(36(38,39)40)19-32(31)34(25-10-9-22-6-2-3-7-23(22)17-25)30-15-12-28(20-33(30)35)37(41,42)43/h2-20H,1H3. The first-order chi connectivity index (χ1) is 20.5. The summed E-state index contributed by atoms with van der Waals surface area (Å²) < 4.78 is 84.4. The molecule has 212 valence electrons. The molecule has 0 bridgehead atoms. The molecule has 0 radical (unpaired) electrons. The SMILES string of the molecule is Cc1cccc2cc(-c3c4ccc(C(F)(F)F)cc4c(-c4ccc5ccccc5c4)c4ccc(C(F)(F)F)cc34)ccc12. The zero-order chi connectivity index (χ0) is 30.1. The van der Waals surface area contributed by atoms with Crippen molar-refractivity contribution in [2.45, 2.75) is 19.3 Å². The lowest BCUT2D eigenvalue weighted by Crippen LogP contribution is -2.06. The van der Waals surface area contributed by atoms with Crippen LogP contribution in [0.25, 0.3) is 65.3 Å². The minimum atomic E-state index is -4.61. The third-order valence-corrected chi connectivity index (χ3v) is 8.20. The Bertz CT molecular complexity index is 2220. The second-order valence-corrected chi connectivity index (χ2v) is 10.8. The van der Waals surface area contributed by atoms with Crippen LogP contribution in [0.1, 0.15) is 16.7 Å². The fourth-order valence-corrected chi connectivity index (χ4v) is 6.15. The van der Waals surface area contributed by atoms with Gasteiger partial charge < -0.3 is 0 Å². The van der Waals surface area contributed by atoms with E-state index < -0.39 is 23.5 Å². The number of alkyl halides is 6. The van der Waals surface area contributed by atoms with Crippen molar-refractivity contribution in [3.05, 3.63) is 132 Å². The van der Waals surface area contributed by atoms with Crippen LogP contribution in [0.2, 0.25) is 0 Å². The van der Waals surface area contributed by atoms with Gasteiger partial charge in [0, 0.05) is 0 Å². The van der Waals surface area contributed by atoms with Crippen molar-refractivity contribution in [1.29, 1.82) is 0 Å². The number of hydrogen-bond donors (Lipinski definition) is 0. The van der Waals surface area contributed by atoms with Crippen molar-refractivity contribution < 1.29 is 26.3 Å². The quantitative estimate of drug-likeness (QED) is 0.141. The fraction of sp³-hybridized carbons (Fsp3) is 0.0811. The summed E-state index contributed by atoms with van der Waals surface area (Å²) in [6.07, 6.45) is -9.21. The Balaban J connectivity index is 1.67. The van der Waals surface area contributed by atoms with Crippen molar-refractivity contribution in [2.75, 3.05) is 0 Å². The van der Waals surface area contributed by atoms with Crippen LogP contribution >= 0.6 is 0 Å². The molecule has 0 aliphatic rings. The molecule has 0 saturated heterocycles. The molecule has 0 spiro atoms. The Morgan fingerprint density at radius 2 is 0.884 bits per heavy atom. The summed E-state index contributed by atoms with van der Waals surface area (Å²) in [5, 5.41) is 5.20. The molecule has 0 aliphatic carbocycles. The highest BCUT2D eigenvalue weighted by Gasteiger charge is 2.33. The molecule has 0 nitrogen and oxygen atoms in total. The van der Waals surface area contributed by atoms with Crippen LogP contribution in [0.4, 0.5) is 26.3 Å². The predicted octanol–water partition coefficient (Wildman–Crippen LogP) is 12.0. The third kappa shape index (κ3) is 4.58. The smallest absolute Gasteiger partial charge is 0.166 e. The highest BCUT2D eigenvalue weighted by Crippen LogP contribution is 2.47. The Morgan fingerprint density at radius 1 is 0.395 bits per heavy atom. The molecule has 0 aromatic heterocycles. The van der Waals surface area contributed by atoms with E-state index in [1.807, 2.05) is 85.8 Å². The Kier molecular flexibility index (Phi) is 6.03. The van der Waals surface area contributed by atoms with Crippen LogP contribution in [-0.2, 0) is 12.4 Å². The van der Waals surface area contributed by atoms with Gasteiger partial charge in [-0.3, -0.25) is 0 Å². The molecule has 0 aliphatic heterocycles. The molecule has 0 unspecified atom stereocenters. The van der Waals surface area contributed by atoms with E-state index in [1.54, 1.807) is 0 Å². The van der Waals surface area contributed by atoms with E-state index in [-0.39, 0.29) is 0 Å². The minimum absolute atomic E-state index is 0.316. The maximum atomic E-state index is 14.1. The van der Waals surface area contributed by atoms with Crippen molar-refractivity contribution in [3.8, 4) is 22.3 Å². The van der Waals surface area contributed by atoms with Crippen LogP contribution < -0.4 is 0 Å². The number of aryl methyl sites for hydroxylation is 1. The molecule has 7 rings (SSSR count). The minimum Gasteiger partial charge on any atom is -0.166 e. The van der Waals surface area contributed by atoms with Crippen LogP contribution in [-0.4, -0.2) is 0 Å². The molecule has 0 atom stereocenters. The second kappa shape index (κ2) is 9.60. The van der Waals surface area contributed by atoms with Crippen molar-refractivity contribution in [2.24, 2.45) is 0 Å². The highest BCUT2D eigenvalue weighted by molar-refractivity contribution is 6.22. The van der Waals surface area contributed by atoms with Crippen molar-refractivity contribution in [3.63, 3.8) is 0 Å². The zero-order valence-electron chi connectivity index (χ0n) is 22.7. The predicted molar refractivity (Wildman–Crippen MR) is 162 cm³/mol. The summed E-state index contributed by atoms with van der Waals surface area (Å²) >= 11 is 0. The van der Waals surface area contributed by atoms with Crippen LogP contribution in [0.15, 0.2) is 115 Å². The molecule has 0 N–H and O–H groups in total. The maximum absolute atomic E-state index is 14.1. The number of benzene rings is 7. The van der Waals surface area contributed by atoms with Crippen LogP contribution in [0, 0.1) is 6.92 Å². The molecular formula is C37H22F6. The topological polar surface area (TPSA) is 0 Å². The Hall–Kier alpha value is -4.84. The van der Waals surface area contributed by atoms with Gasteiger partial charge in [0.2, 0.25) is 0 Å². The highest BCUT2D eigenvalue weighted by atomic mass is 19.4. The number of fused-ring (bicyclic) bond motifs is 4. The largest absolute Gasteiger partial charge is 0.416 e. The van der Waals surface area contributed by atoms with Gasteiger partial charge in [-0.25, -0.2) is 0 Å². The van der Waals surface area contributed by atoms with Gasteiger partial charge in [0.15, 0.2) is 0 Å². The van der Waals surface area contributed by atoms with E-state index in [2.05, 4.69) is 0 Å².